The molecule has 19 heavy (non-hydrogen) atoms. The van der Waals surface area contributed by atoms with E-state index < -0.39 is 5.95 Å². The van der Waals surface area contributed by atoms with Gasteiger partial charge in [0.1, 0.15) is 5.82 Å². The predicted molar refractivity (Wildman–Crippen MR) is 73.1 cm³/mol. The number of aryl methyl sites for hydroxylation is 2. The molecule has 3 rings (SSSR count). The summed E-state index contributed by atoms with van der Waals surface area (Å²) in [6.45, 7) is 0. The molecule has 0 aromatic carbocycles. The molecule has 98 valence electrons. The minimum atomic E-state index is -0.594. The fourth-order valence-electron chi connectivity index (χ4n) is 2.26. The van der Waals surface area contributed by atoms with E-state index >= 15 is 0 Å². The van der Waals surface area contributed by atoms with Crippen LogP contribution in [-0.4, -0.2) is 10.9 Å². The summed E-state index contributed by atoms with van der Waals surface area (Å²) in [6.07, 6.45) is 4.50. The third-order valence-corrected chi connectivity index (χ3v) is 4.41. The molecule has 5 heteroatoms. The van der Waals surface area contributed by atoms with E-state index in [0.717, 1.165) is 12.8 Å². The summed E-state index contributed by atoms with van der Waals surface area (Å²) in [4.78, 5) is 17.7. The van der Waals surface area contributed by atoms with Crippen molar-refractivity contribution >= 4 is 23.1 Å². The van der Waals surface area contributed by atoms with Gasteiger partial charge in [0.25, 0.3) is 5.91 Å². The van der Waals surface area contributed by atoms with Crippen molar-refractivity contribution in [3.8, 4) is 0 Å². The van der Waals surface area contributed by atoms with Crippen LogP contribution in [0.4, 0.5) is 10.2 Å². The first-order chi connectivity index (χ1) is 9.22. The number of amides is 1. The van der Waals surface area contributed by atoms with Crippen molar-refractivity contribution in [3.63, 3.8) is 0 Å². The zero-order valence-electron chi connectivity index (χ0n) is 10.3. The van der Waals surface area contributed by atoms with E-state index in [1.807, 2.05) is 6.07 Å². The SMILES string of the molecule is O=C(Nc1cccc(F)n1)c1cc2c(s1)CCCC2. The van der Waals surface area contributed by atoms with Crippen LogP contribution < -0.4 is 5.32 Å². The van der Waals surface area contributed by atoms with Crippen molar-refractivity contribution in [3.05, 3.63) is 45.5 Å². The highest BCUT2D eigenvalue weighted by Crippen LogP contribution is 2.29. The van der Waals surface area contributed by atoms with E-state index in [0.29, 0.717) is 4.88 Å². The minimum Gasteiger partial charge on any atom is -0.306 e. The number of pyridine rings is 1. The average Bonchev–Trinajstić information content (AvgIpc) is 2.82. The van der Waals surface area contributed by atoms with Gasteiger partial charge in [0, 0.05) is 4.88 Å². The Bertz CT molecular complexity index is 600. The molecule has 1 amide bonds. The fourth-order valence-corrected chi connectivity index (χ4v) is 3.41. The van der Waals surface area contributed by atoms with Gasteiger partial charge in [-0.1, -0.05) is 6.07 Å². The molecule has 1 aliphatic carbocycles. The Hall–Kier alpha value is -1.75. The van der Waals surface area contributed by atoms with Gasteiger partial charge in [-0.2, -0.15) is 4.39 Å². The normalized spacial score (nSPS) is 13.9. The Kier molecular flexibility index (Phi) is 3.29. The van der Waals surface area contributed by atoms with Crippen molar-refractivity contribution < 1.29 is 9.18 Å². The van der Waals surface area contributed by atoms with E-state index in [9.17, 15) is 9.18 Å². The summed E-state index contributed by atoms with van der Waals surface area (Å²) in [6, 6.07) is 6.30. The van der Waals surface area contributed by atoms with E-state index in [-0.39, 0.29) is 11.7 Å². The van der Waals surface area contributed by atoms with Crippen LogP contribution >= 0.6 is 11.3 Å². The number of hydrogen-bond acceptors (Lipinski definition) is 3. The van der Waals surface area contributed by atoms with E-state index in [4.69, 9.17) is 0 Å². The van der Waals surface area contributed by atoms with Crippen LogP contribution in [0, 0.1) is 5.95 Å². The predicted octanol–water partition coefficient (Wildman–Crippen LogP) is 3.41. The molecule has 0 radical (unpaired) electrons. The molecule has 2 aromatic heterocycles. The van der Waals surface area contributed by atoms with Crippen LogP contribution in [0.2, 0.25) is 0 Å². The maximum Gasteiger partial charge on any atom is 0.266 e. The van der Waals surface area contributed by atoms with Gasteiger partial charge in [-0.05, 0) is 49.4 Å². The second-order valence-corrected chi connectivity index (χ2v) is 5.70. The molecule has 0 fully saturated rings. The first-order valence-corrected chi connectivity index (χ1v) is 7.09. The number of nitrogens with one attached hydrogen (secondary N) is 1. The Morgan fingerprint density at radius 1 is 1.32 bits per heavy atom. The molecule has 0 saturated heterocycles. The number of nitrogens with zero attached hydrogens (tertiary/aromatic N) is 1. The highest BCUT2D eigenvalue weighted by molar-refractivity contribution is 7.14. The summed E-state index contributed by atoms with van der Waals surface area (Å²) >= 11 is 1.53. The maximum atomic E-state index is 12.9. The molecule has 0 atom stereocenters. The molecule has 1 aliphatic rings. The number of thiophene rings is 1. The lowest BCUT2D eigenvalue weighted by Crippen LogP contribution is -2.11. The van der Waals surface area contributed by atoms with Crippen molar-refractivity contribution in [2.45, 2.75) is 25.7 Å². The van der Waals surface area contributed by atoms with Crippen LogP contribution in [0.1, 0.15) is 33.0 Å². The summed E-state index contributed by atoms with van der Waals surface area (Å²) < 4.78 is 12.9. The standard InChI is InChI=1S/C14H13FN2OS/c15-12-6-3-7-13(16-12)17-14(18)11-8-9-4-1-2-5-10(9)19-11/h3,6-8H,1-2,4-5H2,(H,16,17,18). The van der Waals surface area contributed by atoms with Gasteiger partial charge in [-0.3, -0.25) is 4.79 Å². The van der Waals surface area contributed by atoms with Crippen LogP contribution in [0.3, 0.4) is 0 Å². The largest absolute Gasteiger partial charge is 0.306 e. The first-order valence-electron chi connectivity index (χ1n) is 6.28. The molecule has 0 aliphatic heterocycles. The smallest absolute Gasteiger partial charge is 0.266 e. The molecular formula is C14H13FN2OS. The molecule has 0 saturated carbocycles. The van der Waals surface area contributed by atoms with Crippen LogP contribution in [0.15, 0.2) is 24.3 Å². The topological polar surface area (TPSA) is 42.0 Å². The fraction of sp³-hybridized carbons (Fsp3) is 0.286. The van der Waals surface area contributed by atoms with Gasteiger partial charge in [-0.15, -0.1) is 11.3 Å². The number of carbonyl (C=O) groups is 1. The zero-order chi connectivity index (χ0) is 13.2. The van der Waals surface area contributed by atoms with Crippen LogP contribution in [0.25, 0.3) is 0 Å². The Labute approximate surface area is 114 Å². The first kappa shape index (κ1) is 12.3. The minimum absolute atomic E-state index is 0.211. The Morgan fingerprint density at radius 2 is 2.16 bits per heavy atom. The number of hydrogen-bond donors (Lipinski definition) is 1. The molecule has 0 bridgehead atoms. The van der Waals surface area contributed by atoms with Crippen molar-refractivity contribution in [2.75, 3.05) is 5.32 Å². The van der Waals surface area contributed by atoms with Crippen LogP contribution in [0.5, 0.6) is 0 Å². The number of carbonyl (C=O) groups excluding carboxylic acids is 1. The molecule has 3 nitrogen and oxygen atoms in total. The van der Waals surface area contributed by atoms with Gasteiger partial charge < -0.3 is 5.32 Å². The highest BCUT2D eigenvalue weighted by atomic mass is 32.1. The number of anilines is 1. The van der Waals surface area contributed by atoms with E-state index in [1.54, 1.807) is 6.07 Å². The summed E-state index contributed by atoms with van der Waals surface area (Å²) in [5.41, 5.74) is 1.29. The average molecular weight is 276 g/mol. The Balaban J connectivity index is 1.78. The van der Waals surface area contributed by atoms with Gasteiger partial charge in [-0.25, -0.2) is 4.98 Å². The quantitative estimate of drug-likeness (QED) is 0.854. The summed E-state index contributed by atoms with van der Waals surface area (Å²) in [5, 5.41) is 2.63. The lowest BCUT2D eigenvalue weighted by atomic mass is 9.99. The van der Waals surface area contributed by atoms with Crippen molar-refractivity contribution in [2.24, 2.45) is 0 Å². The van der Waals surface area contributed by atoms with E-state index in [2.05, 4.69) is 10.3 Å². The van der Waals surface area contributed by atoms with Gasteiger partial charge in [0.2, 0.25) is 5.95 Å². The molecule has 2 aromatic rings. The molecule has 0 spiro atoms. The van der Waals surface area contributed by atoms with E-state index in [1.165, 1.54) is 46.8 Å². The third kappa shape index (κ3) is 2.66. The van der Waals surface area contributed by atoms with Crippen LogP contribution in [-0.2, 0) is 12.8 Å². The second-order valence-electron chi connectivity index (χ2n) is 4.57. The van der Waals surface area contributed by atoms with Gasteiger partial charge in [0.15, 0.2) is 0 Å². The molecular weight excluding hydrogens is 263 g/mol. The number of fused-ring (bicyclic) bond motifs is 1. The third-order valence-electron chi connectivity index (χ3n) is 3.18. The van der Waals surface area contributed by atoms with Crippen molar-refractivity contribution in [1.82, 2.24) is 4.98 Å². The lowest BCUT2D eigenvalue weighted by Gasteiger charge is -2.08. The number of halogens is 1. The van der Waals surface area contributed by atoms with Crippen molar-refractivity contribution in [1.29, 1.82) is 0 Å². The lowest BCUT2D eigenvalue weighted by molar-refractivity contribution is 0.103. The zero-order valence-corrected chi connectivity index (χ0v) is 11.1. The van der Waals surface area contributed by atoms with Gasteiger partial charge in [0.05, 0.1) is 4.88 Å². The molecule has 2 heterocycles. The molecule has 0 unspecified atom stereocenters. The second kappa shape index (κ2) is 5.09. The van der Waals surface area contributed by atoms with Gasteiger partial charge >= 0.3 is 0 Å². The summed E-state index contributed by atoms with van der Waals surface area (Å²) in [5.74, 6) is -0.558. The monoisotopic (exact) mass is 276 g/mol. The maximum absolute atomic E-state index is 12.9. The highest BCUT2D eigenvalue weighted by Gasteiger charge is 2.17. The molecule has 1 N–H and O–H groups in total. The summed E-state index contributed by atoms with van der Waals surface area (Å²) in [7, 11) is 0. The number of rotatable bonds is 2. The Morgan fingerprint density at radius 3 is 2.95 bits per heavy atom. The number of aromatic nitrogens is 1.